The van der Waals surface area contributed by atoms with Crippen molar-refractivity contribution in [1.29, 1.82) is 0 Å². The van der Waals surface area contributed by atoms with E-state index >= 15 is 0 Å². The van der Waals surface area contributed by atoms with E-state index < -0.39 is 29.4 Å². The molecule has 0 bridgehead atoms. The fraction of sp³-hybridized carbons (Fsp3) is 0.167. The van der Waals surface area contributed by atoms with Crippen molar-refractivity contribution >= 4 is 28.5 Å². The largest absolute Gasteiger partial charge is 0.416 e. The molecule has 0 saturated heterocycles. The Morgan fingerprint density at radius 3 is 2.64 bits per heavy atom. The Morgan fingerprint density at radius 2 is 1.93 bits per heavy atom. The molecule has 0 aliphatic carbocycles. The van der Waals surface area contributed by atoms with Gasteiger partial charge >= 0.3 is 18.0 Å². The van der Waals surface area contributed by atoms with Gasteiger partial charge in [0.05, 0.1) is 23.0 Å². The number of nitrogens with zero attached hydrogens (tertiary/aromatic N) is 1. The number of anilines is 1. The molecular weight excluding hydrogens is 380 g/mol. The van der Waals surface area contributed by atoms with Crippen molar-refractivity contribution in [3.05, 3.63) is 59.2 Å². The van der Waals surface area contributed by atoms with Crippen molar-refractivity contribution in [2.75, 3.05) is 5.32 Å². The van der Waals surface area contributed by atoms with Crippen LogP contribution in [-0.2, 0) is 22.3 Å². The molecule has 0 aliphatic heterocycles. The number of alkyl halides is 3. The number of carbonyl (C=O) groups is 2. The summed E-state index contributed by atoms with van der Waals surface area (Å²) in [5, 5.41) is 4.58. The average Bonchev–Trinajstić information content (AvgIpc) is 3.01. The number of hydrogen-bond acceptors (Lipinski definition) is 3. The van der Waals surface area contributed by atoms with Gasteiger partial charge in [0.15, 0.2) is 0 Å². The van der Waals surface area contributed by atoms with E-state index in [2.05, 4.69) is 20.6 Å². The number of pyridine rings is 1. The lowest BCUT2D eigenvalue weighted by Gasteiger charge is -2.12. The third-order valence-corrected chi connectivity index (χ3v) is 4.00. The van der Waals surface area contributed by atoms with E-state index in [4.69, 9.17) is 0 Å². The molecule has 3 N–H and O–H groups in total. The number of benzene rings is 1. The zero-order chi connectivity index (χ0) is 20.5. The Balaban J connectivity index is 1.65. The zero-order valence-electron chi connectivity index (χ0n) is 14.4. The van der Waals surface area contributed by atoms with Crippen LogP contribution in [0, 0.1) is 12.7 Å². The molecule has 2 amide bonds. The van der Waals surface area contributed by atoms with Crippen molar-refractivity contribution in [2.45, 2.75) is 19.6 Å². The summed E-state index contributed by atoms with van der Waals surface area (Å²) in [6, 6.07) is 4.82. The minimum absolute atomic E-state index is 0.0589. The van der Waals surface area contributed by atoms with Crippen LogP contribution in [0.15, 0.2) is 36.7 Å². The van der Waals surface area contributed by atoms with E-state index in [1.807, 2.05) is 0 Å². The van der Waals surface area contributed by atoms with Crippen molar-refractivity contribution in [2.24, 2.45) is 0 Å². The minimum atomic E-state index is -4.51. The molecule has 146 valence electrons. The number of aromatic nitrogens is 2. The number of amides is 2. The minimum Gasteiger partial charge on any atom is -0.358 e. The van der Waals surface area contributed by atoms with Gasteiger partial charge in [-0.3, -0.25) is 9.59 Å². The molecule has 0 radical (unpaired) electrons. The highest BCUT2D eigenvalue weighted by Gasteiger charge is 2.32. The summed E-state index contributed by atoms with van der Waals surface area (Å²) in [5.41, 5.74) is 0.212. The highest BCUT2D eigenvalue weighted by molar-refractivity contribution is 6.40. The molecule has 3 rings (SSSR count). The van der Waals surface area contributed by atoms with E-state index in [9.17, 15) is 27.2 Å². The number of aromatic amines is 1. The first-order valence-corrected chi connectivity index (χ1v) is 8.03. The summed E-state index contributed by atoms with van der Waals surface area (Å²) in [5.74, 6) is -2.64. The monoisotopic (exact) mass is 394 g/mol. The Labute approximate surface area is 156 Å². The normalized spacial score (nSPS) is 11.5. The maximum Gasteiger partial charge on any atom is 0.416 e. The molecule has 0 fully saturated rings. The Hall–Kier alpha value is -3.43. The Morgan fingerprint density at radius 1 is 1.18 bits per heavy atom. The molecule has 0 unspecified atom stereocenters. The SMILES string of the molecule is Cc1ccc(CNC(=O)C(=O)Nc2c[nH]c3cc(F)cnc23)cc1C(F)(F)F. The molecule has 1 aromatic carbocycles. The van der Waals surface area contributed by atoms with Crippen LogP contribution >= 0.6 is 0 Å². The van der Waals surface area contributed by atoms with Crippen molar-refractivity contribution in [3.63, 3.8) is 0 Å². The standard InChI is InChI=1S/C18H14F4N4O2/c1-9-2-3-10(4-12(9)18(20,21)22)6-25-16(27)17(28)26-14-8-23-13-5-11(19)7-24-15(13)14/h2-5,7-8,23H,6H2,1H3,(H,25,27)(H,26,28). The highest BCUT2D eigenvalue weighted by Crippen LogP contribution is 2.32. The first-order chi connectivity index (χ1) is 13.1. The van der Waals surface area contributed by atoms with E-state index in [1.54, 1.807) is 0 Å². The molecule has 2 heterocycles. The van der Waals surface area contributed by atoms with Crippen molar-refractivity contribution < 1.29 is 27.2 Å². The van der Waals surface area contributed by atoms with Gasteiger partial charge in [-0.15, -0.1) is 0 Å². The van der Waals surface area contributed by atoms with E-state index in [0.717, 1.165) is 12.3 Å². The number of rotatable bonds is 3. The number of H-pyrrole nitrogens is 1. The van der Waals surface area contributed by atoms with Crippen LogP contribution < -0.4 is 10.6 Å². The predicted octanol–water partition coefficient (Wildman–Crippen LogP) is 3.28. The summed E-state index contributed by atoms with van der Waals surface area (Å²) in [6.45, 7) is 1.08. The van der Waals surface area contributed by atoms with Gasteiger partial charge in [-0.2, -0.15) is 13.2 Å². The smallest absolute Gasteiger partial charge is 0.358 e. The predicted molar refractivity (Wildman–Crippen MR) is 92.7 cm³/mol. The van der Waals surface area contributed by atoms with Gasteiger partial charge in [0.1, 0.15) is 11.3 Å². The zero-order valence-corrected chi connectivity index (χ0v) is 14.4. The van der Waals surface area contributed by atoms with E-state index in [-0.39, 0.29) is 28.9 Å². The summed E-state index contributed by atoms with van der Waals surface area (Å²) in [6.07, 6.45) is -2.21. The number of fused-ring (bicyclic) bond motifs is 1. The first kappa shape index (κ1) is 19.3. The average molecular weight is 394 g/mol. The summed E-state index contributed by atoms with van der Waals surface area (Å²) in [4.78, 5) is 30.5. The van der Waals surface area contributed by atoms with Gasteiger partial charge in [-0.25, -0.2) is 9.37 Å². The van der Waals surface area contributed by atoms with Gasteiger partial charge in [0.25, 0.3) is 0 Å². The molecule has 2 aromatic heterocycles. The molecule has 10 heteroatoms. The van der Waals surface area contributed by atoms with Gasteiger partial charge in [0, 0.05) is 18.8 Å². The Kier molecular flexibility index (Phi) is 5.04. The highest BCUT2D eigenvalue weighted by atomic mass is 19.4. The fourth-order valence-electron chi connectivity index (χ4n) is 2.60. The van der Waals surface area contributed by atoms with Crippen molar-refractivity contribution in [1.82, 2.24) is 15.3 Å². The van der Waals surface area contributed by atoms with E-state index in [1.165, 1.54) is 31.3 Å². The van der Waals surface area contributed by atoms with Gasteiger partial charge in [0.2, 0.25) is 0 Å². The van der Waals surface area contributed by atoms with Crippen LogP contribution in [0.1, 0.15) is 16.7 Å². The molecule has 0 saturated carbocycles. The van der Waals surface area contributed by atoms with Crippen molar-refractivity contribution in [3.8, 4) is 0 Å². The lowest BCUT2D eigenvalue weighted by Crippen LogP contribution is -2.35. The fourth-order valence-corrected chi connectivity index (χ4v) is 2.60. The molecule has 6 nitrogen and oxygen atoms in total. The molecular formula is C18H14F4N4O2. The summed E-state index contributed by atoms with van der Waals surface area (Å²) in [7, 11) is 0. The number of carbonyl (C=O) groups excluding carboxylic acids is 2. The number of nitrogens with one attached hydrogen (secondary N) is 3. The maximum absolute atomic E-state index is 13.1. The summed E-state index contributed by atoms with van der Waals surface area (Å²) >= 11 is 0. The second kappa shape index (κ2) is 7.29. The molecule has 28 heavy (non-hydrogen) atoms. The number of halogens is 4. The molecule has 0 aliphatic rings. The van der Waals surface area contributed by atoms with Crippen LogP contribution in [0.4, 0.5) is 23.2 Å². The quantitative estimate of drug-likeness (QED) is 0.471. The van der Waals surface area contributed by atoms with Crippen LogP contribution in [-0.4, -0.2) is 21.8 Å². The second-order valence-corrected chi connectivity index (χ2v) is 6.04. The van der Waals surface area contributed by atoms with Gasteiger partial charge < -0.3 is 15.6 Å². The molecule has 0 spiro atoms. The van der Waals surface area contributed by atoms with Gasteiger partial charge in [-0.1, -0.05) is 12.1 Å². The third-order valence-electron chi connectivity index (χ3n) is 4.00. The first-order valence-electron chi connectivity index (χ1n) is 8.03. The topological polar surface area (TPSA) is 86.9 Å². The van der Waals surface area contributed by atoms with Gasteiger partial charge in [-0.05, 0) is 24.1 Å². The van der Waals surface area contributed by atoms with Crippen LogP contribution in [0.5, 0.6) is 0 Å². The van der Waals surface area contributed by atoms with Crippen LogP contribution in [0.2, 0.25) is 0 Å². The number of hydrogen-bond donors (Lipinski definition) is 3. The molecule has 0 atom stereocenters. The lowest BCUT2D eigenvalue weighted by atomic mass is 10.0. The second-order valence-electron chi connectivity index (χ2n) is 6.04. The van der Waals surface area contributed by atoms with Crippen LogP contribution in [0.3, 0.4) is 0 Å². The summed E-state index contributed by atoms with van der Waals surface area (Å²) < 4.78 is 51.9. The lowest BCUT2D eigenvalue weighted by molar-refractivity contribution is -0.138. The third kappa shape index (κ3) is 4.11. The maximum atomic E-state index is 13.1. The Bertz CT molecular complexity index is 1060. The number of aryl methyl sites for hydroxylation is 1. The molecule has 3 aromatic rings. The van der Waals surface area contributed by atoms with E-state index in [0.29, 0.717) is 5.52 Å². The van der Waals surface area contributed by atoms with Crippen LogP contribution in [0.25, 0.3) is 11.0 Å².